The van der Waals surface area contributed by atoms with E-state index in [-0.39, 0.29) is 68.3 Å². The maximum Gasteiger partial charge on any atom is 0.242 e. The topological polar surface area (TPSA) is 108 Å². The van der Waals surface area contributed by atoms with E-state index in [1.54, 1.807) is 0 Å². The molecule has 4 N–H and O–H groups in total. The van der Waals surface area contributed by atoms with E-state index in [1.807, 2.05) is 0 Å². The summed E-state index contributed by atoms with van der Waals surface area (Å²) in [5.41, 5.74) is 5.33. The van der Waals surface area contributed by atoms with E-state index in [9.17, 15) is 19.5 Å². The van der Waals surface area contributed by atoms with Gasteiger partial charge in [-0.1, -0.05) is 55.4 Å². The van der Waals surface area contributed by atoms with Crippen LogP contribution in [0.1, 0.15) is 146 Å². The van der Waals surface area contributed by atoms with Crippen LogP contribution in [-0.2, 0) is 14.4 Å². The number of nitrogens with one attached hydrogen (secondary N) is 3. The smallest absolute Gasteiger partial charge is 0.242 e. The zero-order chi connectivity index (χ0) is 34.2. The molecule has 0 saturated heterocycles. The molecule has 0 bridgehead atoms. The zero-order valence-corrected chi connectivity index (χ0v) is 31.0. The summed E-state index contributed by atoms with van der Waals surface area (Å²) in [7, 11) is 0. The van der Waals surface area contributed by atoms with Crippen molar-refractivity contribution >= 4 is 17.7 Å². The maximum absolute atomic E-state index is 14.9. The Labute approximate surface area is 284 Å². The van der Waals surface area contributed by atoms with Gasteiger partial charge in [0, 0.05) is 18.9 Å². The quantitative estimate of drug-likeness (QED) is 0.248. The minimum absolute atomic E-state index is 0.0398. The van der Waals surface area contributed by atoms with E-state index in [2.05, 4.69) is 71.6 Å². The van der Waals surface area contributed by atoms with Crippen molar-refractivity contribution in [2.24, 2.45) is 73.4 Å². The fraction of sp³-hybridized carbons (Fsp3) is 0.925. The Kier molecular flexibility index (Phi) is 7.53. The van der Waals surface area contributed by atoms with Gasteiger partial charge in [-0.15, -0.1) is 0 Å². The molecule has 47 heavy (non-hydrogen) atoms. The van der Waals surface area contributed by atoms with Gasteiger partial charge >= 0.3 is 0 Å². The van der Waals surface area contributed by atoms with Crippen LogP contribution < -0.4 is 16.2 Å². The molecule has 7 fully saturated rings. The first kappa shape index (κ1) is 33.8. The fourth-order valence-corrected chi connectivity index (χ4v) is 14.5. The molecule has 0 aromatic rings. The molecule has 7 saturated carbocycles. The van der Waals surface area contributed by atoms with Gasteiger partial charge in [-0.2, -0.15) is 0 Å². The van der Waals surface area contributed by atoms with Crippen LogP contribution in [-0.4, -0.2) is 35.0 Å². The third kappa shape index (κ3) is 4.48. The molecule has 0 heterocycles. The molecule has 7 aliphatic carbocycles. The third-order valence-corrected chi connectivity index (χ3v) is 18.1. The molecular weight excluding hydrogens is 586 g/mol. The summed E-state index contributed by atoms with van der Waals surface area (Å²) >= 11 is 0. The average molecular weight is 652 g/mol. The molecule has 0 aromatic carbocycles. The van der Waals surface area contributed by atoms with Crippen molar-refractivity contribution < 1.29 is 19.5 Å². The zero-order valence-electron chi connectivity index (χ0n) is 31.0. The summed E-state index contributed by atoms with van der Waals surface area (Å²) in [6.45, 7) is 20.7. The van der Waals surface area contributed by atoms with Gasteiger partial charge in [-0.3, -0.25) is 25.2 Å². The lowest BCUT2D eigenvalue weighted by Gasteiger charge is -2.73. The number of hydrogen-bond acceptors (Lipinski definition) is 4. The molecule has 12 atom stereocenters. The van der Waals surface area contributed by atoms with Crippen LogP contribution >= 0.6 is 0 Å². The molecule has 0 unspecified atom stereocenters. The van der Waals surface area contributed by atoms with E-state index in [1.165, 1.54) is 51.9 Å². The van der Waals surface area contributed by atoms with Crippen LogP contribution in [0.3, 0.4) is 0 Å². The van der Waals surface area contributed by atoms with Crippen LogP contribution in [0.2, 0.25) is 0 Å². The first-order valence-electron chi connectivity index (χ1n) is 19.3. The van der Waals surface area contributed by atoms with Crippen molar-refractivity contribution in [1.29, 1.82) is 0 Å². The SMILES string of the molecule is CC(=O)NNC(=O)[C@H]1C[C@@H](NC(=O)[C@]23CC[C@@H](C4(C)CC4)[C@@H]2[C@H]2CC[C@@H]4[C@@]5(C)CC[C@H](O)C(C)(C)[C@@H]5CC[C@@]4(C)[C@]2(C)CC3)C1(C)C. The van der Waals surface area contributed by atoms with Crippen molar-refractivity contribution in [3.05, 3.63) is 0 Å². The number of hydrogen-bond donors (Lipinski definition) is 4. The van der Waals surface area contributed by atoms with E-state index in [0.717, 1.165) is 32.1 Å². The first-order valence-corrected chi connectivity index (χ1v) is 19.3. The predicted octanol–water partition coefficient (Wildman–Crippen LogP) is 6.93. The van der Waals surface area contributed by atoms with Crippen LogP contribution in [0, 0.1) is 73.4 Å². The Morgan fingerprint density at radius 3 is 2.00 bits per heavy atom. The minimum Gasteiger partial charge on any atom is -0.393 e. The lowest BCUT2D eigenvalue weighted by Crippen LogP contribution is -2.68. The summed E-state index contributed by atoms with van der Waals surface area (Å²) in [5.74, 6) is 2.36. The molecule has 0 spiro atoms. The highest BCUT2D eigenvalue weighted by molar-refractivity contribution is 5.86. The molecule has 7 heteroatoms. The molecule has 7 aliphatic rings. The number of rotatable bonds is 4. The lowest BCUT2D eigenvalue weighted by molar-refractivity contribution is -0.248. The molecule has 0 aromatic heterocycles. The lowest BCUT2D eigenvalue weighted by atomic mass is 9.32. The second kappa shape index (κ2) is 10.4. The minimum atomic E-state index is -0.380. The Morgan fingerprint density at radius 2 is 1.36 bits per heavy atom. The van der Waals surface area contributed by atoms with Gasteiger partial charge in [-0.05, 0) is 146 Å². The third-order valence-electron chi connectivity index (χ3n) is 18.1. The van der Waals surface area contributed by atoms with Crippen molar-refractivity contribution in [3.8, 4) is 0 Å². The largest absolute Gasteiger partial charge is 0.393 e. The summed E-state index contributed by atoms with van der Waals surface area (Å²) in [4.78, 5) is 39.1. The van der Waals surface area contributed by atoms with E-state index >= 15 is 0 Å². The Bertz CT molecular complexity index is 1340. The highest BCUT2D eigenvalue weighted by Crippen LogP contribution is 2.79. The fourth-order valence-electron chi connectivity index (χ4n) is 14.5. The molecule has 0 radical (unpaired) electrons. The molecule has 0 aliphatic heterocycles. The van der Waals surface area contributed by atoms with Crippen LogP contribution in [0.5, 0.6) is 0 Å². The van der Waals surface area contributed by atoms with Crippen LogP contribution in [0.4, 0.5) is 0 Å². The van der Waals surface area contributed by atoms with Gasteiger partial charge in [0.1, 0.15) is 0 Å². The van der Waals surface area contributed by atoms with Gasteiger partial charge in [0.25, 0.3) is 0 Å². The van der Waals surface area contributed by atoms with E-state index in [4.69, 9.17) is 0 Å². The van der Waals surface area contributed by atoms with E-state index < -0.39 is 0 Å². The summed E-state index contributed by atoms with van der Waals surface area (Å²) < 4.78 is 0. The van der Waals surface area contributed by atoms with Crippen molar-refractivity contribution in [2.75, 3.05) is 0 Å². The normalized spacial score (nSPS) is 49.9. The number of aliphatic hydroxyl groups excluding tert-OH is 1. The molecule has 7 rings (SSSR count). The Hall–Kier alpha value is -1.63. The molecule has 3 amide bonds. The Balaban J connectivity index is 1.17. The van der Waals surface area contributed by atoms with Crippen LogP contribution in [0.15, 0.2) is 0 Å². The predicted molar refractivity (Wildman–Crippen MR) is 183 cm³/mol. The van der Waals surface area contributed by atoms with E-state index in [0.29, 0.717) is 41.4 Å². The first-order chi connectivity index (χ1) is 21.8. The van der Waals surface area contributed by atoms with Crippen molar-refractivity contribution in [1.82, 2.24) is 16.2 Å². The van der Waals surface area contributed by atoms with Gasteiger partial charge in [0.15, 0.2) is 0 Å². The number of carbonyl (C=O) groups is 3. The average Bonchev–Trinajstić information content (AvgIpc) is 3.61. The molecule has 264 valence electrons. The van der Waals surface area contributed by atoms with Gasteiger partial charge < -0.3 is 10.4 Å². The number of hydrazine groups is 1. The molecular formula is C40H65N3O4. The van der Waals surface area contributed by atoms with Gasteiger partial charge in [0.2, 0.25) is 17.7 Å². The number of amides is 3. The van der Waals surface area contributed by atoms with Crippen molar-refractivity contribution in [3.63, 3.8) is 0 Å². The van der Waals surface area contributed by atoms with Gasteiger partial charge in [-0.25, -0.2) is 0 Å². The number of carbonyl (C=O) groups excluding carboxylic acids is 3. The standard InChI is InChI=1S/C40H65N3O4/c1-23(44)42-43-32(46)26-22-29(34(26,2)3)41-33(47)40-17-12-24(36(6)18-19-36)31(40)25-10-11-28-37(7)15-14-30(45)35(4,5)27(37)13-16-39(28,9)38(25,8)20-21-40/h24-31,45H,10-22H2,1-9H3,(H,41,47)(H,42,44)(H,43,46)/t24-,25-,26-,27+,28-,29-,30+,31-,37+,38-,39-,40+/m1/s1. The summed E-state index contributed by atoms with van der Waals surface area (Å²) in [6.07, 6.45) is 14.3. The number of aliphatic hydroxyl groups is 1. The van der Waals surface area contributed by atoms with Gasteiger partial charge in [0.05, 0.1) is 11.5 Å². The highest BCUT2D eigenvalue weighted by Gasteiger charge is 2.73. The second-order valence-corrected chi connectivity index (χ2v) is 20.3. The maximum atomic E-state index is 14.9. The van der Waals surface area contributed by atoms with Crippen molar-refractivity contribution in [2.45, 2.75) is 158 Å². The highest BCUT2D eigenvalue weighted by atomic mass is 16.3. The summed E-state index contributed by atoms with van der Waals surface area (Å²) in [5, 5.41) is 14.7. The second-order valence-electron chi connectivity index (χ2n) is 20.3. The summed E-state index contributed by atoms with van der Waals surface area (Å²) in [6, 6.07) is -0.0459. The van der Waals surface area contributed by atoms with Crippen LogP contribution in [0.25, 0.3) is 0 Å². The number of fused-ring (bicyclic) bond motifs is 7. The monoisotopic (exact) mass is 651 g/mol. The Morgan fingerprint density at radius 1 is 0.660 bits per heavy atom. The molecule has 7 nitrogen and oxygen atoms in total.